The monoisotopic (exact) mass is 319 g/mol. The minimum atomic E-state index is -1.15. The van der Waals surface area contributed by atoms with Gasteiger partial charge >= 0.3 is 5.97 Å². The summed E-state index contributed by atoms with van der Waals surface area (Å²) in [4.78, 5) is 22.9. The Bertz CT molecular complexity index is 466. The number of amides is 1. The molecule has 18 heavy (non-hydrogen) atoms. The first-order valence-electron chi connectivity index (χ1n) is 4.94. The van der Waals surface area contributed by atoms with Crippen molar-refractivity contribution in [2.45, 2.75) is 6.04 Å². The summed E-state index contributed by atoms with van der Waals surface area (Å²) in [5.74, 6) is -1.87. The zero-order valence-corrected chi connectivity index (χ0v) is 11.0. The lowest BCUT2D eigenvalue weighted by Crippen LogP contribution is -2.44. The van der Waals surface area contributed by atoms with Crippen LogP contribution in [0, 0.1) is 5.82 Å². The van der Waals surface area contributed by atoms with Crippen LogP contribution in [0.15, 0.2) is 22.7 Å². The van der Waals surface area contributed by atoms with Crippen molar-refractivity contribution >= 4 is 27.8 Å². The van der Waals surface area contributed by atoms with Gasteiger partial charge in [-0.15, -0.1) is 0 Å². The molecule has 98 valence electrons. The first-order valence-corrected chi connectivity index (χ1v) is 5.73. The molecule has 0 saturated heterocycles. The molecule has 1 aromatic rings. The maximum atomic E-state index is 13.0. The minimum absolute atomic E-state index is 0.133. The molecule has 0 radical (unpaired) electrons. The molecular formula is C11H11BrFNO4. The largest absolute Gasteiger partial charge is 0.467 e. The van der Waals surface area contributed by atoms with Gasteiger partial charge < -0.3 is 15.2 Å². The molecular weight excluding hydrogens is 309 g/mol. The number of hydrogen-bond acceptors (Lipinski definition) is 4. The lowest BCUT2D eigenvalue weighted by Gasteiger charge is -2.13. The Hall–Kier alpha value is -1.47. The van der Waals surface area contributed by atoms with Gasteiger partial charge in [0.25, 0.3) is 5.91 Å². The van der Waals surface area contributed by atoms with Crippen molar-refractivity contribution < 1.29 is 23.8 Å². The highest BCUT2D eigenvalue weighted by Crippen LogP contribution is 2.16. The van der Waals surface area contributed by atoms with Crippen LogP contribution < -0.4 is 5.32 Å². The smallest absolute Gasteiger partial charge is 0.330 e. The number of aliphatic hydroxyl groups excluding tert-OH is 1. The lowest BCUT2D eigenvalue weighted by atomic mass is 10.2. The normalized spacial score (nSPS) is 11.8. The number of nitrogens with one attached hydrogen (secondary N) is 1. The fourth-order valence-electron chi connectivity index (χ4n) is 1.20. The summed E-state index contributed by atoms with van der Waals surface area (Å²) in [6.45, 7) is -0.583. The third-order valence-electron chi connectivity index (χ3n) is 2.16. The Morgan fingerprint density at radius 3 is 2.72 bits per heavy atom. The van der Waals surface area contributed by atoms with E-state index in [-0.39, 0.29) is 10.0 Å². The fraction of sp³-hybridized carbons (Fsp3) is 0.273. The molecule has 1 atom stereocenters. The highest BCUT2D eigenvalue weighted by atomic mass is 79.9. The Morgan fingerprint density at radius 1 is 1.56 bits per heavy atom. The first-order chi connectivity index (χ1) is 8.49. The number of halogens is 2. The van der Waals surface area contributed by atoms with E-state index in [2.05, 4.69) is 26.0 Å². The number of benzene rings is 1. The van der Waals surface area contributed by atoms with Gasteiger partial charge in [0, 0.05) is 5.56 Å². The molecule has 0 heterocycles. The average molecular weight is 320 g/mol. The number of ether oxygens (including phenoxy) is 1. The lowest BCUT2D eigenvalue weighted by molar-refractivity contribution is -0.143. The predicted molar refractivity (Wildman–Crippen MR) is 64.5 cm³/mol. The number of aliphatic hydroxyl groups is 1. The third kappa shape index (κ3) is 3.51. The maximum absolute atomic E-state index is 13.0. The summed E-state index contributed by atoms with van der Waals surface area (Å²) >= 11 is 2.94. The van der Waals surface area contributed by atoms with Crippen molar-refractivity contribution in [1.29, 1.82) is 0 Å². The van der Waals surface area contributed by atoms with Crippen LogP contribution in [0.2, 0.25) is 0 Å². The van der Waals surface area contributed by atoms with E-state index < -0.39 is 30.3 Å². The van der Waals surface area contributed by atoms with Crippen LogP contribution in [0.25, 0.3) is 0 Å². The molecule has 1 amide bonds. The molecule has 5 nitrogen and oxygen atoms in total. The first kappa shape index (κ1) is 14.6. The summed E-state index contributed by atoms with van der Waals surface area (Å²) < 4.78 is 17.5. The number of carbonyl (C=O) groups is 2. The zero-order chi connectivity index (χ0) is 13.7. The summed E-state index contributed by atoms with van der Waals surface area (Å²) in [6, 6.07) is 2.51. The summed E-state index contributed by atoms with van der Waals surface area (Å²) in [6.07, 6.45) is 0. The number of carbonyl (C=O) groups excluding carboxylic acids is 2. The Kier molecular flexibility index (Phi) is 5.24. The summed E-state index contributed by atoms with van der Waals surface area (Å²) in [5.41, 5.74) is 0.158. The molecule has 0 fully saturated rings. The highest BCUT2D eigenvalue weighted by Gasteiger charge is 2.21. The quantitative estimate of drug-likeness (QED) is 0.807. The van der Waals surface area contributed by atoms with Crippen LogP contribution >= 0.6 is 15.9 Å². The SMILES string of the molecule is COC(=O)[C@H](CO)NC(=O)c1ccc(F)c(Br)c1. The van der Waals surface area contributed by atoms with E-state index in [0.29, 0.717) is 0 Å². The van der Waals surface area contributed by atoms with Crippen molar-refractivity contribution in [1.82, 2.24) is 5.32 Å². The van der Waals surface area contributed by atoms with E-state index in [1.807, 2.05) is 0 Å². The second-order valence-corrected chi connectivity index (χ2v) is 4.22. The van der Waals surface area contributed by atoms with Gasteiger partial charge in [0.15, 0.2) is 6.04 Å². The molecule has 0 unspecified atom stereocenters. The molecule has 0 aromatic heterocycles. The van der Waals surface area contributed by atoms with Gasteiger partial charge in [0.2, 0.25) is 0 Å². The molecule has 7 heteroatoms. The molecule has 0 aliphatic rings. The summed E-state index contributed by atoms with van der Waals surface area (Å²) in [7, 11) is 1.14. The topological polar surface area (TPSA) is 75.6 Å². The van der Waals surface area contributed by atoms with Gasteiger partial charge in [-0.2, -0.15) is 0 Å². The van der Waals surface area contributed by atoms with Gasteiger partial charge in [-0.3, -0.25) is 4.79 Å². The molecule has 2 N–H and O–H groups in total. The third-order valence-corrected chi connectivity index (χ3v) is 2.76. The van der Waals surface area contributed by atoms with Crippen molar-refractivity contribution in [3.05, 3.63) is 34.1 Å². The second-order valence-electron chi connectivity index (χ2n) is 3.36. The Morgan fingerprint density at radius 2 is 2.22 bits per heavy atom. The number of hydrogen-bond donors (Lipinski definition) is 2. The van der Waals surface area contributed by atoms with Gasteiger partial charge in [-0.1, -0.05) is 0 Å². The number of methoxy groups -OCH3 is 1. The van der Waals surface area contributed by atoms with Gasteiger partial charge in [-0.05, 0) is 34.1 Å². The van der Waals surface area contributed by atoms with E-state index >= 15 is 0 Å². The predicted octanol–water partition coefficient (Wildman–Crippen LogP) is 0.852. The fourth-order valence-corrected chi connectivity index (χ4v) is 1.58. The van der Waals surface area contributed by atoms with Crippen LogP contribution in [0.4, 0.5) is 4.39 Å². The zero-order valence-electron chi connectivity index (χ0n) is 9.44. The van der Waals surface area contributed by atoms with Crippen molar-refractivity contribution in [2.75, 3.05) is 13.7 Å². The molecule has 0 bridgehead atoms. The molecule has 1 rings (SSSR count). The minimum Gasteiger partial charge on any atom is -0.467 e. The number of esters is 1. The van der Waals surface area contributed by atoms with Crippen LogP contribution in [0.1, 0.15) is 10.4 Å². The maximum Gasteiger partial charge on any atom is 0.330 e. The second kappa shape index (κ2) is 6.46. The van der Waals surface area contributed by atoms with E-state index in [0.717, 1.165) is 13.2 Å². The molecule has 0 aliphatic heterocycles. The molecule has 0 aliphatic carbocycles. The van der Waals surface area contributed by atoms with Crippen molar-refractivity contribution in [2.24, 2.45) is 0 Å². The molecule has 1 aromatic carbocycles. The standard InChI is InChI=1S/C11H11BrFNO4/c1-18-11(17)9(5-15)14-10(16)6-2-3-8(13)7(12)4-6/h2-4,9,15H,5H2,1H3,(H,14,16)/t9-/m0/s1. The van der Waals surface area contributed by atoms with E-state index in [4.69, 9.17) is 5.11 Å². The van der Waals surface area contributed by atoms with Crippen LogP contribution in [0.5, 0.6) is 0 Å². The van der Waals surface area contributed by atoms with Crippen LogP contribution in [-0.2, 0) is 9.53 Å². The Balaban J connectivity index is 2.81. The molecule has 0 spiro atoms. The average Bonchev–Trinajstić information content (AvgIpc) is 2.37. The highest BCUT2D eigenvalue weighted by molar-refractivity contribution is 9.10. The number of rotatable bonds is 4. The summed E-state index contributed by atoms with van der Waals surface area (Å²) in [5, 5.41) is 11.2. The van der Waals surface area contributed by atoms with Gasteiger partial charge in [0.05, 0.1) is 18.2 Å². The molecule has 0 saturated carbocycles. The van der Waals surface area contributed by atoms with E-state index in [9.17, 15) is 14.0 Å². The van der Waals surface area contributed by atoms with Gasteiger partial charge in [0.1, 0.15) is 5.82 Å². The van der Waals surface area contributed by atoms with Crippen LogP contribution in [-0.4, -0.2) is 36.7 Å². The van der Waals surface area contributed by atoms with Crippen molar-refractivity contribution in [3.8, 4) is 0 Å². The van der Waals surface area contributed by atoms with Gasteiger partial charge in [-0.25, -0.2) is 9.18 Å². The van der Waals surface area contributed by atoms with E-state index in [1.54, 1.807) is 0 Å². The van der Waals surface area contributed by atoms with Crippen molar-refractivity contribution in [3.63, 3.8) is 0 Å². The Labute approximate surface area is 111 Å². The van der Waals surface area contributed by atoms with E-state index in [1.165, 1.54) is 12.1 Å². The van der Waals surface area contributed by atoms with Crippen LogP contribution in [0.3, 0.4) is 0 Å².